The molecule has 0 fully saturated rings. The molecule has 1 aromatic carbocycles. The molecule has 0 aliphatic heterocycles. The lowest BCUT2D eigenvalue weighted by molar-refractivity contribution is 0.576. The summed E-state index contributed by atoms with van der Waals surface area (Å²) in [7, 11) is 0. The van der Waals surface area contributed by atoms with Crippen molar-refractivity contribution in [2.24, 2.45) is 16.6 Å². The fourth-order valence-electron chi connectivity index (χ4n) is 1.50. The number of nitrogens with two attached hydrogens (primary N) is 1. The summed E-state index contributed by atoms with van der Waals surface area (Å²) in [6, 6.07) is 8.24. The molecular formula is C14H24IN3. The van der Waals surface area contributed by atoms with Gasteiger partial charge in [0, 0.05) is 6.54 Å². The van der Waals surface area contributed by atoms with Gasteiger partial charge in [-0.2, -0.15) is 0 Å². The first-order valence-electron chi connectivity index (χ1n) is 6.18. The maximum Gasteiger partial charge on any atom is 0.188 e. The first-order chi connectivity index (χ1) is 8.09. The Hall–Kier alpha value is -0.780. The highest BCUT2D eigenvalue weighted by Gasteiger charge is 1.97. The maximum atomic E-state index is 5.80. The molecule has 0 atom stereocenters. The van der Waals surface area contributed by atoms with Crippen LogP contribution >= 0.6 is 24.0 Å². The van der Waals surface area contributed by atoms with Crippen LogP contribution in [0, 0.1) is 12.8 Å². The smallest absolute Gasteiger partial charge is 0.188 e. The number of guanidine groups is 1. The van der Waals surface area contributed by atoms with Gasteiger partial charge in [0.15, 0.2) is 5.96 Å². The van der Waals surface area contributed by atoms with E-state index in [1.807, 2.05) is 12.1 Å². The summed E-state index contributed by atoms with van der Waals surface area (Å²) < 4.78 is 0. The lowest BCUT2D eigenvalue weighted by atomic mass is 10.1. The van der Waals surface area contributed by atoms with Crippen molar-refractivity contribution < 1.29 is 0 Å². The second-order valence-electron chi connectivity index (χ2n) is 4.74. The summed E-state index contributed by atoms with van der Waals surface area (Å²) in [6.45, 7) is 8.02. The van der Waals surface area contributed by atoms with E-state index < -0.39 is 0 Å². The van der Waals surface area contributed by atoms with Gasteiger partial charge in [-0.25, -0.2) is 4.99 Å². The standard InChI is InChI=1S/C14H23N3.HI/c1-11(2)8-9-16-14(15)17-10-13-7-5-4-6-12(13)3;/h4-7,11H,8-10H2,1-3H3,(H3,15,16,17);1H. The number of nitrogens with one attached hydrogen (secondary N) is 1. The van der Waals surface area contributed by atoms with Crippen LogP contribution in [-0.4, -0.2) is 12.5 Å². The van der Waals surface area contributed by atoms with Crippen molar-refractivity contribution in [2.75, 3.05) is 6.54 Å². The van der Waals surface area contributed by atoms with Gasteiger partial charge in [0.25, 0.3) is 0 Å². The zero-order valence-corrected chi connectivity index (χ0v) is 13.8. The molecule has 0 aromatic heterocycles. The molecule has 0 radical (unpaired) electrons. The molecule has 0 heterocycles. The van der Waals surface area contributed by atoms with E-state index in [2.05, 4.69) is 43.2 Å². The van der Waals surface area contributed by atoms with Crippen molar-refractivity contribution in [3.8, 4) is 0 Å². The fraction of sp³-hybridized carbons (Fsp3) is 0.500. The van der Waals surface area contributed by atoms with Gasteiger partial charge in [-0.3, -0.25) is 0 Å². The summed E-state index contributed by atoms with van der Waals surface area (Å²) in [5.74, 6) is 1.22. The minimum absolute atomic E-state index is 0. The molecule has 0 amide bonds. The normalized spacial score (nSPS) is 11.2. The molecule has 102 valence electrons. The van der Waals surface area contributed by atoms with Crippen molar-refractivity contribution in [2.45, 2.75) is 33.7 Å². The number of benzene rings is 1. The molecule has 4 heteroatoms. The van der Waals surface area contributed by atoms with Crippen LogP contribution in [0.15, 0.2) is 29.3 Å². The van der Waals surface area contributed by atoms with Crippen LogP contribution in [0.4, 0.5) is 0 Å². The number of hydrogen-bond donors (Lipinski definition) is 2. The topological polar surface area (TPSA) is 50.4 Å². The average molecular weight is 361 g/mol. The van der Waals surface area contributed by atoms with Gasteiger partial charge in [-0.15, -0.1) is 24.0 Å². The Bertz CT molecular complexity index is 375. The SMILES string of the molecule is Cc1ccccc1CN=C(N)NCCC(C)C.I. The molecule has 0 spiro atoms. The van der Waals surface area contributed by atoms with Crippen LogP contribution in [0.1, 0.15) is 31.4 Å². The Morgan fingerprint density at radius 1 is 1.33 bits per heavy atom. The van der Waals surface area contributed by atoms with E-state index in [1.54, 1.807) is 0 Å². The van der Waals surface area contributed by atoms with Gasteiger partial charge in [0.05, 0.1) is 6.54 Å². The van der Waals surface area contributed by atoms with Crippen molar-refractivity contribution in [1.82, 2.24) is 5.32 Å². The van der Waals surface area contributed by atoms with E-state index in [9.17, 15) is 0 Å². The number of aliphatic imine (C=N–C) groups is 1. The third-order valence-corrected chi connectivity index (χ3v) is 2.71. The number of halogens is 1. The summed E-state index contributed by atoms with van der Waals surface area (Å²) in [4.78, 5) is 4.34. The molecule has 3 N–H and O–H groups in total. The summed E-state index contributed by atoms with van der Waals surface area (Å²) in [6.07, 6.45) is 1.11. The Kier molecular flexibility index (Phi) is 8.79. The largest absolute Gasteiger partial charge is 0.370 e. The molecule has 0 aliphatic rings. The second-order valence-corrected chi connectivity index (χ2v) is 4.74. The van der Waals surface area contributed by atoms with Gasteiger partial charge in [0.1, 0.15) is 0 Å². The molecule has 1 aromatic rings. The van der Waals surface area contributed by atoms with Crippen LogP contribution < -0.4 is 11.1 Å². The molecule has 3 nitrogen and oxygen atoms in total. The number of aryl methyl sites for hydroxylation is 1. The Balaban J connectivity index is 0.00000289. The third kappa shape index (κ3) is 6.83. The molecule has 1 rings (SSSR count). The maximum absolute atomic E-state index is 5.80. The van der Waals surface area contributed by atoms with E-state index in [1.165, 1.54) is 11.1 Å². The Morgan fingerprint density at radius 3 is 2.61 bits per heavy atom. The molecule has 0 aliphatic carbocycles. The molecule has 0 unspecified atom stereocenters. The van der Waals surface area contributed by atoms with Crippen molar-refractivity contribution in [3.63, 3.8) is 0 Å². The van der Waals surface area contributed by atoms with Crippen molar-refractivity contribution in [1.29, 1.82) is 0 Å². The lowest BCUT2D eigenvalue weighted by Gasteiger charge is -2.08. The highest BCUT2D eigenvalue weighted by atomic mass is 127. The quantitative estimate of drug-likeness (QED) is 0.481. The van der Waals surface area contributed by atoms with Crippen LogP contribution in [0.3, 0.4) is 0 Å². The Morgan fingerprint density at radius 2 is 2.00 bits per heavy atom. The average Bonchev–Trinajstić information content (AvgIpc) is 2.27. The van der Waals surface area contributed by atoms with Crippen LogP contribution in [0.2, 0.25) is 0 Å². The first kappa shape index (κ1) is 17.2. The van der Waals surface area contributed by atoms with Gasteiger partial charge in [-0.05, 0) is 30.4 Å². The summed E-state index contributed by atoms with van der Waals surface area (Å²) >= 11 is 0. The van der Waals surface area contributed by atoms with Gasteiger partial charge < -0.3 is 11.1 Å². The van der Waals surface area contributed by atoms with Gasteiger partial charge >= 0.3 is 0 Å². The molecular weight excluding hydrogens is 337 g/mol. The van der Waals surface area contributed by atoms with Gasteiger partial charge in [0.2, 0.25) is 0 Å². The van der Waals surface area contributed by atoms with Crippen LogP contribution in [0.5, 0.6) is 0 Å². The molecule has 0 saturated heterocycles. The predicted molar refractivity (Wildman–Crippen MR) is 89.4 cm³/mol. The molecule has 0 bridgehead atoms. The number of hydrogen-bond acceptors (Lipinski definition) is 1. The minimum Gasteiger partial charge on any atom is -0.370 e. The number of nitrogens with zero attached hydrogens (tertiary/aromatic N) is 1. The predicted octanol–water partition coefficient (Wildman–Crippen LogP) is 3.06. The Labute approximate surface area is 127 Å². The fourth-order valence-corrected chi connectivity index (χ4v) is 1.50. The molecule has 18 heavy (non-hydrogen) atoms. The van der Waals surface area contributed by atoms with E-state index >= 15 is 0 Å². The zero-order valence-electron chi connectivity index (χ0n) is 11.4. The van der Waals surface area contributed by atoms with Crippen molar-refractivity contribution >= 4 is 29.9 Å². The third-order valence-electron chi connectivity index (χ3n) is 2.71. The lowest BCUT2D eigenvalue weighted by Crippen LogP contribution is -2.32. The highest BCUT2D eigenvalue weighted by Crippen LogP contribution is 2.07. The van der Waals surface area contributed by atoms with Crippen LogP contribution in [-0.2, 0) is 6.54 Å². The van der Waals surface area contributed by atoms with E-state index in [4.69, 9.17) is 5.73 Å². The van der Waals surface area contributed by atoms with Crippen LogP contribution in [0.25, 0.3) is 0 Å². The van der Waals surface area contributed by atoms with Gasteiger partial charge in [-0.1, -0.05) is 38.1 Å². The molecule has 0 saturated carbocycles. The van der Waals surface area contributed by atoms with E-state index in [0.29, 0.717) is 18.4 Å². The minimum atomic E-state index is 0. The number of rotatable bonds is 5. The highest BCUT2D eigenvalue weighted by molar-refractivity contribution is 14.0. The van der Waals surface area contributed by atoms with E-state index in [-0.39, 0.29) is 24.0 Å². The zero-order chi connectivity index (χ0) is 12.7. The van der Waals surface area contributed by atoms with E-state index in [0.717, 1.165) is 13.0 Å². The second kappa shape index (κ2) is 9.19. The first-order valence-corrected chi connectivity index (χ1v) is 6.18. The summed E-state index contributed by atoms with van der Waals surface area (Å²) in [5.41, 5.74) is 8.28. The van der Waals surface area contributed by atoms with Crippen molar-refractivity contribution in [3.05, 3.63) is 35.4 Å². The monoisotopic (exact) mass is 361 g/mol. The summed E-state index contributed by atoms with van der Waals surface area (Å²) in [5, 5.41) is 3.13.